The van der Waals surface area contributed by atoms with E-state index >= 15 is 4.39 Å². The second kappa shape index (κ2) is 9.37. The third-order valence-electron chi connectivity index (χ3n) is 5.55. The number of aliphatic hydroxyl groups excluding tert-OH is 1. The maximum atomic E-state index is 15.1. The molecule has 2 heterocycles. The molecule has 37 heavy (non-hydrogen) atoms. The Morgan fingerprint density at radius 2 is 1.97 bits per heavy atom. The van der Waals surface area contributed by atoms with E-state index in [2.05, 4.69) is 10.1 Å². The maximum Gasteiger partial charge on any atom is 0.352 e. The summed E-state index contributed by atoms with van der Waals surface area (Å²) in [5, 5.41) is 14.9. The van der Waals surface area contributed by atoms with Gasteiger partial charge in [0.25, 0.3) is 5.91 Å². The Balaban J connectivity index is 1.82. The first-order valence-electron chi connectivity index (χ1n) is 10.5. The molecule has 1 fully saturated rings. The van der Waals surface area contributed by atoms with Crippen LogP contribution in [-0.4, -0.2) is 48.3 Å². The lowest BCUT2D eigenvalue weighted by atomic mass is 9.85. The van der Waals surface area contributed by atoms with Gasteiger partial charge in [-0.05, 0) is 25.1 Å². The molecule has 198 valence electrons. The van der Waals surface area contributed by atoms with E-state index in [9.17, 15) is 36.6 Å². The first-order chi connectivity index (χ1) is 17.3. The Morgan fingerprint density at radius 3 is 2.51 bits per heavy atom. The molecular formula is C21H16ClF6N5O4. The molecule has 1 atom stereocenters. The number of carbonyl (C=O) groups excluding carboxylic acids is 1. The van der Waals surface area contributed by atoms with E-state index in [-0.39, 0.29) is 17.4 Å². The Morgan fingerprint density at radius 1 is 1.27 bits per heavy atom. The van der Waals surface area contributed by atoms with Gasteiger partial charge in [0.2, 0.25) is 5.88 Å². The summed E-state index contributed by atoms with van der Waals surface area (Å²) in [6.07, 6.45) is -3.91. The van der Waals surface area contributed by atoms with Crippen molar-refractivity contribution in [3.8, 4) is 11.7 Å². The summed E-state index contributed by atoms with van der Waals surface area (Å²) < 4.78 is 90.0. The SMILES string of the molecule is CCn1c(CO)nn(-c2nc(OC3CC(F)(F)C3(F)F)c(C(=O)Nc3c(F)cccc3Cl)cc2F)c1=O. The number of aromatic nitrogens is 4. The predicted octanol–water partition coefficient (Wildman–Crippen LogP) is 3.55. The van der Waals surface area contributed by atoms with Gasteiger partial charge in [-0.2, -0.15) is 27.2 Å². The van der Waals surface area contributed by atoms with Gasteiger partial charge in [0.15, 0.2) is 23.6 Å². The zero-order valence-corrected chi connectivity index (χ0v) is 19.4. The van der Waals surface area contributed by atoms with Gasteiger partial charge in [-0.25, -0.2) is 13.6 Å². The number of benzene rings is 1. The highest BCUT2D eigenvalue weighted by Crippen LogP contribution is 2.52. The molecule has 1 aliphatic carbocycles. The Bertz CT molecular complexity index is 1420. The van der Waals surface area contributed by atoms with Crippen LogP contribution >= 0.6 is 11.6 Å². The van der Waals surface area contributed by atoms with E-state index in [0.717, 1.165) is 10.6 Å². The monoisotopic (exact) mass is 551 g/mol. The first kappa shape index (κ1) is 26.5. The van der Waals surface area contributed by atoms with Gasteiger partial charge in [-0.15, -0.1) is 5.10 Å². The number of hydrogen-bond acceptors (Lipinski definition) is 6. The average Bonchev–Trinajstić information content (AvgIpc) is 3.16. The zero-order valence-electron chi connectivity index (χ0n) is 18.6. The Kier molecular flexibility index (Phi) is 6.71. The number of rotatable bonds is 7. The number of ether oxygens (including phenoxy) is 1. The van der Waals surface area contributed by atoms with Gasteiger partial charge < -0.3 is 15.2 Å². The van der Waals surface area contributed by atoms with Gasteiger partial charge in [-0.3, -0.25) is 9.36 Å². The molecule has 2 N–H and O–H groups in total. The van der Waals surface area contributed by atoms with Crippen LogP contribution in [0.1, 0.15) is 29.5 Å². The van der Waals surface area contributed by atoms with Crippen molar-refractivity contribution in [1.82, 2.24) is 19.3 Å². The minimum absolute atomic E-state index is 0.00692. The quantitative estimate of drug-likeness (QED) is 0.435. The minimum atomic E-state index is -4.66. The molecule has 1 saturated carbocycles. The van der Waals surface area contributed by atoms with Crippen molar-refractivity contribution < 1.29 is 41.0 Å². The number of nitrogens with one attached hydrogen (secondary N) is 1. The van der Waals surface area contributed by atoms with Crippen molar-refractivity contribution in [2.24, 2.45) is 0 Å². The smallest absolute Gasteiger partial charge is 0.352 e. The fourth-order valence-corrected chi connectivity index (χ4v) is 3.73. The Hall–Kier alpha value is -3.59. The van der Waals surface area contributed by atoms with Gasteiger partial charge in [0, 0.05) is 6.54 Å². The fraction of sp³-hybridized carbons (Fsp3) is 0.333. The lowest BCUT2D eigenvalue weighted by Crippen LogP contribution is -2.64. The normalized spacial score (nSPS) is 17.8. The minimum Gasteiger partial charge on any atom is -0.467 e. The number of amides is 1. The molecule has 0 spiro atoms. The van der Waals surface area contributed by atoms with Crippen LogP contribution in [0, 0.1) is 11.6 Å². The summed E-state index contributed by atoms with van der Waals surface area (Å²) in [4.78, 5) is 29.1. The highest BCUT2D eigenvalue weighted by atomic mass is 35.5. The fourth-order valence-electron chi connectivity index (χ4n) is 3.52. The van der Waals surface area contributed by atoms with Gasteiger partial charge in [0.1, 0.15) is 18.0 Å². The van der Waals surface area contributed by atoms with Crippen LogP contribution in [0.15, 0.2) is 29.1 Å². The number of pyridine rings is 1. The standard InChI is InChI=1S/C21H16ClF6N5O4/c1-2-32-14(8-34)31-33(19(32)36)16-12(24)6-9(17(35)29-15-10(22)4-3-5-11(15)23)18(30-16)37-13-7-20(25,26)21(13,27)28/h3-6,13,34H,2,7-8H2,1H3,(H,29,35). The third kappa shape index (κ3) is 4.41. The number of alkyl halides is 4. The van der Waals surface area contributed by atoms with Crippen LogP contribution in [0.5, 0.6) is 5.88 Å². The van der Waals surface area contributed by atoms with Crippen molar-refractivity contribution >= 4 is 23.2 Å². The lowest BCUT2D eigenvalue weighted by Gasteiger charge is -2.42. The van der Waals surface area contributed by atoms with E-state index in [4.69, 9.17) is 16.3 Å². The van der Waals surface area contributed by atoms with E-state index < -0.39 is 77.2 Å². The van der Waals surface area contributed by atoms with Gasteiger partial charge in [0.05, 0.1) is 17.1 Å². The van der Waals surface area contributed by atoms with E-state index in [1.54, 1.807) is 0 Å². The average molecular weight is 552 g/mol. The second-order valence-electron chi connectivity index (χ2n) is 7.85. The molecule has 1 aromatic carbocycles. The first-order valence-corrected chi connectivity index (χ1v) is 10.9. The van der Waals surface area contributed by atoms with Crippen LogP contribution in [0.4, 0.5) is 32.0 Å². The molecule has 9 nitrogen and oxygen atoms in total. The van der Waals surface area contributed by atoms with Gasteiger partial charge in [-0.1, -0.05) is 17.7 Å². The number of anilines is 1. The molecule has 2 aromatic heterocycles. The molecule has 0 saturated heterocycles. The van der Waals surface area contributed by atoms with Gasteiger partial charge >= 0.3 is 17.5 Å². The van der Waals surface area contributed by atoms with Crippen molar-refractivity contribution in [3.63, 3.8) is 0 Å². The summed E-state index contributed by atoms with van der Waals surface area (Å²) in [6, 6.07) is 3.80. The number of halogens is 7. The lowest BCUT2D eigenvalue weighted by molar-refractivity contribution is -0.324. The number of nitrogens with zero attached hydrogens (tertiary/aromatic N) is 4. The summed E-state index contributed by atoms with van der Waals surface area (Å²) >= 11 is 5.86. The number of hydrogen-bond donors (Lipinski definition) is 2. The van der Waals surface area contributed by atoms with Crippen LogP contribution in [-0.2, 0) is 13.2 Å². The van der Waals surface area contributed by atoms with Crippen molar-refractivity contribution in [3.05, 3.63) is 62.8 Å². The molecule has 3 aromatic rings. The number of carbonyl (C=O) groups is 1. The highest BCUT2D eigenvalue weighted by molar-refractivity contribution is 6.34. The summed E-state index contributed by atoms with van der Waals surface area (Å²) in [5.74, 6) is -15.0. The molecule has 1 aliphatic rings. The molecule has 1 amide bonds. The molecule has 4 rings (SSSR count). The van der Waals surface area contributed by atoms with Crippen molar-refractivity contribution in [2.75, 3.05) is 5.32 Å². The zero-order chi connectivity index (χ0) is 27.3. The molecule has 16 heteroatoms. The van der Waals surface area contributed by atoms with Crippen LogP contribution in [0.2, 0.25) is 5.02 Å². The van der Waals surface area contributed by atoms with E-state index in [1.165, 1.54) is 19.1 Å². The number of aliphatic hydroxyl groups is 1. The van der Waals surface area contributed by atoms with E-state index in [0.29, 0.717) is 10.7 Å². The highest BCUT2D eigenvalue weighted by Gasteiger charge is 2.73. The van der Waals surface area contributed by atoms with Crippen LogP contribution in [0.3, 0.4) is 0 Å². The molecule has 0 radical (unpaired) electrons. The van der Waals surface area contributed by atoms with Crippen LogP contribution in [0.25, 0.3) is 5.82 Å². The second-order valence-corrected chi connectivity index (χ2v) is 8.26. The summed E-state index contributed by atoms with van der Waals surface area (Å²) in [7, 11) is 0. The van der Waals surface area contributed by atoms with Crippen molar-refractivity contribution in [1.29, 1.82) is 0 Å². The predicted molar refractivity (Wildman–Crippen MR) is 115 cm³/mol. The summed E-state index contributed by atoms with van der Waals surface area (Å²) in [5.41, 5.74) is -2.42. The van der Waals surface area contributed by atoms with Crippen LogP contribution < -0.4 is 15.7 Å². The summed E-state index contributed by atoms with van der Waals surface area (Å²) in [6.45, 7) is 0.798. The third-order valence-corrected chi connectivity index (χ3v) is 5.87. The van der Waals surface area contributed by atoms with E-state index in [1.807, 2.05) is 5.32 Å². The molecule has 0 aliphatic heterocycles. The molecule has 0 bridgehead atoms. The largest absolute Gasteiger partial charge is 0.467 e. The number of para-hydroxylation sites is 1. The van der Waals surface area contributed by atoms with Crippen molar-refractivity contribution in [2.45, 2.75) is 44.4 Å². The topological polar surface area (TPSA) is 111 Å². The Labute approximate surface area is 208 Å². The molecule has 1 unspecified atom stereocenters. The maximum absolute atomic E-state index is 15.1. The molecular weight excluding hydrogens is 536 g/mol.